The van der Waals surface area contributed by atoms with Crippen molar-refractivity contribution in [3.05, 3.63) is 0 Å². The number of rotatable bonds is 6. The summed E-state index contributed by atoms with van der Waals surface area (Å²) in [6.07, 6.45) is 4.73. The number of hydrogen-bond donors (Lipinski definition) is 2. The summed E-state index contributed by atoms with van der Waals surface area (Å²) >= 11 is 1.51. The van der Waals surface area contributed by atoms with Crippen LogP contribution in [-0.2, 0) is 4.79 Å². The van der Waals surface area contributed by atoms with E-state index in [1.165, 1.54) is 11.8 Å². The fourth-order valence-corrected chi connectivity index (χ4v) is 3.01. The minimum absolute atomic E-state index is 0.0615. The molecule has 1 aliphatic carbocycles. The summed E-state index contributed by atoms with van der Waals surface area (Å²) in [5.74, 6) is 1.29. The lowest BCUT2D eigenvalue weighted by molar-refractivity contribution is -0.120. The molecule has 0 aromatic carbocycles. The number of hydrogen-bond acceptors (Lipinski definition) is 4. The fourth-order valence-electron chi connectivity index (χ4n) is 2.13. The van der Waals surface area contributed by atoms with Crippen LogP contribution >= 0.6 is 11.8 Å². The molecule has 18 heavy (non-hydrogen) atoms. The molecule has 0 aliphatic heterocycles. The maximum absolute atomic E-state index is 11.8. The van der Waals surface area contributed by atoms with Crippen LogP contribution in [0.1, 0.15) is 39.0 Å². The molecule has 0 aromatic heterocycles. The Morgan fingerprint density at radius 2 is 2.17 bits per heavy atom. The average Bonchev–Trinajstić information content (AvgIpc) is 2.39. The summed E-state index contributed by atoms with van der Waals surface area (Å²) < 4.78 is 0. The molecule has 1 atom stereocenters. The second-order valence-electron chi connectivity index (χ2n) is 5.11. The number of thioether (sulfide) groups is 1. The maximum Gasteiger partial charge on any atom is 0.231 e. The highest BCUT2D eigenvalue weighted by molar-refractivity contribution is 7.99. The van der Waals surface area contributed by atoms with Crippen molar-refractivity contribution < 1.29 is 9.90 Å². The van der Waals surface area contributed by atoms with Crippen molar-refractivity contribution >= 4 is 17.7 Å². The Bertz CT molecular complexity index is 309. The van der Waals surface area contributed by atoms with Gasteiger partial charge in [-0.15, -0.1) is 0 Å². The topological polar surface area (TPSA) is 73.1 Å². The molecule has 1 saturated carbocycles. The van der Waals surface area contributed by atoms with Gasteiger partial charge in [-0.25, -0.2) is 0 Å². The first-order valence-electron chi connectivity index (χ1n) is 6.53. The van der Waals surface area contributed by atoms with Gasteiger partial charge in [0.15, 0.2) is 0 Å². The highest BCUT2D eigenvalue weighted by Gasteiger charge is 2.33. The summed E-state index contributed by atoms with van der Waals surface area (Å²) in [5.41, 5.74) is -0.627. The number of aliphatic hydroxyl groups is 1. The molecule has 1 rings (SSSR count). The summed E-state index contributed by atoms with van der Waals surface area (Å²) in [5, 5.41) is 21.0. The van der Waals surface area contributed by atoms with Crippen molar-refractivity contribution in [1.82, 2.24) is 5.32 Å². The Morgan fingerprint density at radius 3 is 2.72 bits per heavy atom. The van der Waals surface area contributed by atoms with E-state index in [9.17, 15) is 10.1 Å². The first-order valence-corrected chi connectivity index (χ1v) is 7.68. The van der Waals surface area contributed by atoms with Gasteiger partial charge in [0.1, 0.15) is 5.54 Å². The third kappa shape index (κ3) is 4.87. The molecule has 0 heterocycles. The Hall–Kier alpha value is -0.730. The van der Waals surface area contributed by atoms with Gasteiger partial charge in [0.2, 0.25) is 5.91 Å². The van der Waals surface area contributed by atoms with E-state index in [1.807, 2.05) is 6.92 Å². The fraction of sp³-hybridized carbons (Fsp3) is 0.846. The summed E-state index contributed by atoms with van der Waals surface area (Å²) in [7, 11) is 0. The molecule has 0 aromatic rings. The van der Waals surface area contributed by atoms with Crippen LogP contribution in [0.25, 0.3) is 0 Å². The van der Waals surface area contributed by atoms with Gasteiger partial charge < -0.3 is 10.4 Å². The molecule has 0 radical (unpaired) electrons. The zero-order chi connectivity index (χ0) is 13.4. The molecule has 5 heteroatoms. The summed E-state index contributed by atoms with van der Waals surface area (Å²) in [6, 6.07) is 2.28. The van der Waals surface area contributed by atoms with Gasteiger partial charge in [0.25, 0.3) is 0 Å². The average molecular weight is 270 g/mol. The van der Waals surface area contributed by atoms with Crippen molar-refractivity contribution in [3.8, 4) is 6.07 Å². The highest BCUT2D eigenvalue weighted by atomic mass is 32.2. The summed E-state index contributed by atoms with van der Waals surface area (Å²) in [4.78, 5) is 11.8. The van der Waals surface area contributed by atoms with E-state index in [-0.39, 0.29) is 18.4 Å². The van der Waals surface area contributed by atoms with Crippen LogP contribution in [0.15, 0.2) is 0 Å². The number of nitriles is 1. The van der Waals surface area contributed by atoms with E-state index in [0.29, 0.717) is 5.75 Å². The Balaban J connectivity index is 2.32. The number of nitrogens with one attached hydrogen (secondary N) is 1. The van der Waals surface area contributed by atoms with E-state index in [2.05, 4.69) is 11.4 Å². The zero-order valence-corrected chi connectivity index (χ0v) is 11.8. The molecular formula is C13H22N2O2S. The van der Waals surface area contributed by atoms with Crippen LogP contribution in [0, 0.1) is 17.2 Å². The van der Waals surface area contributed by atoms with Crippen LogP contribution in [0.4, 0.5) is 0 Å². The normalized spacial score (nSPS) is 19.8. The van der Waals surface area contributed by atoms with E-state index in [0.717, 1.165) is 37.9 Å². The van der Waals surface area contributed by atoms with E-state index in [1.54, 1.807) is 0 Å². The van der Waals surface area contributed by atoms with Crippen LogP contribution in [0.2, 0.25) is 0 Å². The maximum atomic E-state index is 11.8. The van der Waals surface area contributed by atoms with Gasteiger partial charge in [-0.3, -0.25) is 4.79 Å². The highest BCUT2D eigenvalue weighted by Crippen LogP contribution is 2.27. The molecule has 2 N–H and O–H groups in total. The molecule has 4 nitrogen and oxygen atoms in total. The monoisotopic (exact) mass is 270 g/mol. The van der Waals surface area contributed by atoms with Gasteiger partial charge in [0.05, 0.1) is 11.8 Å². The van der Waals surface area contributed by atoms with Gasteiger partial charge in [0, 0.05) is 6.61 Å². The van der Waals surface area contributed by atoms with Crippen molar-refractivity contribution in [2.45, 2.75) is 44.6 Å². The number of aliphatic hydroxyl groups excluding tert-OH is 1. The number of carbonyl (C=O) groups is 1. The Morgan fingerprint density at radius 1 is 1.50 bits per heavy atom. The molecule has 1 aliphatic rings. The predicted octanol–water partition coefficient (Wildman–Crippen LogP) is 1.69. The summed E-state index contributed by atoms with van der Waals surface area (Å²) in [6.45, 7) is 2.10. The van der Waals surface area contributed by atoms with E-state index in [4.69, 9.17) is 5.11 Å². The van der Waals surface area contributed by atoms with Gasteiger partial charge >= 0.3 is 0 Å². The van der Waals surface area contributed by atoms with Crippen molar-refractivity contribution in [3.63, 3.8) is 0 Å². The smallest absolute Gasteiger partial charge is 0.231 e. The minimum atomic E-state index is -0.627. The molecule has 0 saturated heterocycles. The standard InChI is InChI=1S/C13H22N2O2S/c1-11(7-16)8-18-9-12(17)15-13(10-14)5-3-2-4-6-13/h11,16H,2-9H2,1H3,(H,15,17). The van der Waals surface area contributed by atoms with Gasteiger partial charge in [-0.1, -0.05) is 26.2 Å². The van der Waals surface area contributed by atoms with Crippen molar-refractivity contribution in [2.75, 3.05) is 18.1 Å². The van der Waals surface area contributed by atoms with E-state index >= 15 is 0 Å². The number of carbonyl (C=O) groups excluding carboxylic acids is 1. The largest absolute Gasteiger partial charge is 0.396 e. The molecule has 102 valence electrons. The number of amides is 1. The Kier molecular flexibility index (Phi) is 6.51. The lowest BCUT2D eigenvalue weighted by Gasteiger charge is -2.31. The quantitative estimate of drug-likeness (QED) is 0.770. The van der Waals surface area contributed by atoms with Crippen LogP contribution in [0.3, 0.4) is 0 Å². The van der Waals surface area contributed by atoms with Crippen LogP contribution in [0.5, 0.6) is 0 Å². The second-order valence-corrected chi connectivity index (χ2v) is 6.14. The predicted molar refractivity (Wildman–Crippen MR) is 73.1 cm³/mol. The molecule has 1 amide bonds. The van der Waals surface area contributed by atoms with Gasteiger partial charge in [-0.2, -0.15) is 17.0 Å². The van der Waals surface area contributed by atoms with Crippen LogP contribution < -0.4 is 5.32 Å². The second kappa shape index (κ2) is 7.65. The molecule has 1 fully saturated rings. The lowest BCUT2D eigenvalue weighted by atomic mass is 9.83. The third-order valence-electron chi connectivity index (χ3n) is 3.25. The third-order valence-corrected chi connectivity index (χ3v) is 4.52. The van der Waals surface area contributed by atoms with E-state index < -0.39 is 5.54 Å². The molecule has 1 unspecified atom stereocenters. The molecule has 0 spiro atoms. The molecule has 0 bridgehead atoms. The molecular weight excluding hydrogens is 248 g/mol. The SMILES string of the molecule is CC(CO)CSCC(=O)NC1(C#N)CCCCC1. The minimum Gasteiger partial charge on any atom is -0.396 e. The zero-order valence-electron chi connectivity index (χ0n) is 10.9. The Labute approximate surface area is 113 Å². The van der Waals surface area contributed by atoms with Gasteiger partial charge in [-0.05, 0) is 24.5 Å². The number of nitrogens with zero attached hydrogens (tertiary/aromatic N) is 1. The van der Waals surface area contributed by atoms with Crippen molar-refractivity contribution in [2.24, 2.45) is 5.92 Å². The van der Waals surface area contributed by atoms with Crippen molar-refractivity contribution in [1.29, 1.82) is 5.26 Å². The first kappa shape index (κ1) is 15.3. The first-order chi connectivity index (χ1) is 8.62. The lowest BCUT2D eigenvalue weighted by Crippen LogP contribution is -2.49. The van der Waals surface area contributed by atoms with Crippen LogP contribution in [-0.4, -0.2) is 34.7 Å².